The Morgan fingerprint density at radius 1 is 1.82 bits per heavy atom. The molecule has 0 bridgehead atoms. The molecule has 1 heterocycles. The van der Waals surface area contributed by atoms with Crippen molar-refractivity contribution in [3.05, 3.63) is 16.9 Å². The molecule has 2 N–H and O–H groups in total. The Morgan fingerprint density at radius 2 is 2.55 bits per heavy atom. The summed E-state index contributed by atoms with van der Waals surface area (Å²) in [5.74, 6) is 0.478. The summed E-state index contributed by atoms with van der Waals surface area (Å²) in [6, 6.07) is 1.92. The second kappa shape index (κ2) is 3.88. The van der Waals surface area contributed by atoms with Gasteiger partial charge in [-0.1, -0.05) is 6.92 Å². The van der Waals surface area contributed by atoms with E-state index in [1.54, 1.807) is 6.20 Å². The van der Waals surface area contributed by atoms with E-state index < -0.39 is 0 Å². The maximum Gasteiger partial charge on any atom is 0.104 e. The maximum absolute atomic E-state index is 5.48. The summed E-state index contributed by atoms with van der Waals surface area (Å²) in [4.78, 5) is 0. The van der Waals surface area contributed by atoms with Gasteiger partial charge in [0.05, 0.1) is 6.20 Å². The summed E-state index contributed by atoms with van der Waals surface area (Å²) >= 11 is 3.38. The first-order valence-corrected chi connectivity index (χ1v) is 4.40. The van der Waals surface area contributed by atoms with Gasteiger partial charge in [0.1, 0.15) is 4.60 Å². The minimum absolute atomic E-state index is 0.478. The van der Waals surface area contributed by atoms with Gasteiger partial charge < -0.3 is 5.73 Å². The average molecular weight is 218 g/mol. The number of hydrogen-bond donors (Lipinski definition) is 1. The van der Waals surface area contributed by atoms with E-state index in [0.717, 1.165) is 11.1 Å². The van der Waals surface area contributed by atoms with E-state index in [2.05, 4.69) is 28.0 Å². The lowest BCUT2D eigenvalue weighted by Crippen LogP contribution is -2.17. The monoisotopic (exact) mass is 217 g/mol. The number of nitrogens with two attached hydrogens (primary N) is 1. The van der Waals surface area contributed by atoms with Crippen LogP contribution in [-0.2, 0) is 6.54 Å². The summed E-state index contributed by atoms with van der Waals surface area (Å²) in [6.45, 7) is 3.69. The van der Waals surface area contributed by atoms with Gasteiger partial charge >= 0.3 is 0 Å². The zero-order valence-corrected chi connectivity index (χ0v) is 8.08. The molecule has 11 heavy (non-hydrogen) atoms. The van der Waals surface area contributed by atoms with Crippen molar-refractivity contribution in [2.75, 3.05) is 6.54 Å². The van der Waals surface area contributed by atoms with Crippen molar-refractivity contribution < 1.29 is 0 Å². The van der Waals surface area contributed by atoms with Crippen LogP contribution < -0.4 is 5.73 Å². The van der Waals surface area contributed by atoms with E-state index in [0.29, 0.717) is 12.5 Å². The van der Waals surface area contributed by atoms with Crippen LogP contribution >= 0.6 is 15.9 Å². The molecule has 0 aliphatic rings. The highest BCUT2D eigenvalue weighted by molar-refractivity contribution is 9.10. The summed E-state index contributed by atoms with van der Waals surface area (Å²) < 4.78 is 2.91. The number of aromatic nitrogens is 2. The number of halogens is 1. The van der Waals surface area contributed by atoms with Gasteiger partial charge in [-0.25, -0.2) is 0 Å². The summed E-state index contributed by atoms with van der Waals surface area (Å²) in [6.07, 6.45) is 1.77. The fraction of sp³-hybridized carbons (Fsp3) is 0.571. The predicted molar refractivity (Wildman–Crippen MR) is 48.1 cm³/mol. The Kier molecular flexibility index (Phi) is 3.08. The molecule has 0 saturated heterocycles. The molecule has 1 aromatic rings. The molecule has 62 valence electrons. The van der Waals surface area contributed by atoms with Crippen LogP contribution in [-0.4, -0.2) is 16.3 Å². The first kappa shape index (κ1) is 8.74. The smallest absolute Gasteiger partial charge is 0.104 e. The molecule has 4 heteroatoms. The van der Waals surface area contributed by atoms with Gasteiger partial charge in [0.15, 0.2) is 0 Å². The molecule has 1 atom stereocenters. The summed E-state index contributed by atoms with van der Waals surface area (Å²) in [5, 5.41) is 4.12. The van der Waals surface area contributed by atoms with Gasteiger partial charge in [-0.3, -0.25) is 4.68 Å². The van der Waals surface area contributed by atoms with E-state index in [4.69, 9.17) is 5.73 Å². The maximum atomic E-state index is 5.48. The van der Waals surface area contributed by atoms with Gasteiger partial charge in [0.2, 0.25) is 0 Å². The van der Waals surface area contributed by atoms with Crippen molar-refractivity contribution in [1.29, 1.82) is 0 Å². The third-order valence-corrected chi connectivity index (χ3v) is 2.23. The van der Waals surface area contributed by atoms with Crippen LogP contribution in [0.1, 0.15) is 6.92 Å². The van der Waals surface area contributed by atoms with Crippen LogP contribution in [0.3, 0.4) is 0 Å². The van der Waals surface area contributed by atoms with Crippen LogP contribution in [0, 0.1) is 5.92 Å². The van der Waals surface area contributed by atoms with E-state index in [9.17, 15) is 0 Å². The standard InChI is InChI=1S/C7H12BrN3/c1-6(4-9)5-11-7(8)2-3-10-11/h2-3,6H,4-5,9H2,1H3. The van der Waals surface area contributed by atoms with Crippen molar-refractivity contribution in [1.82, 2.24) is 9.78 Å². The second-order valence-corrected chi connectivity index (χ2v) is 3.49. The largest absolute Gasteiger partial charge is 0.330 e. The van der Waals surface area contributed by atoms with E-state index in [1.165, 1.54) is 0 Å². The fourth-order valence-electron chi connectivity index (χ4n) is 0.821. The number of rotatable bonds is 3. The van der Waals surface area contributed by atoms with Crippen LogP contribution in [0.25, 0.3) is 0 Å². The molecular formula is C7H12BrN3. The third kappa shape index (κ3) is 2.31. The minimum Gasteiger partial charge on any atom is -0.330 e. The Bertz CT molecular complexity index is 221. The summed E-state index contributed by atoms with van der Waals surface area (Å²) in [7, 11) is 0. The molecule has 0 spiro atoms. The average Bonchev–Trinajstić information content (AvgIpc) is 2.37. The van der Waals surface area contributed by atoms with Gasteiger partial charge in [-0.15, -0.1) is 0 Å². The fourth-order valence-corrected chi connectivity index (χ4v) is 1.18. The first-order valence-electron chi connectivity index (χ1n) is 3.61. The topological polar surface area (TPSA) is 43.8 Å². The quantitative estimate of drug-likeness (QED) is 0.829. The number of nitrogens with zero attached hydrogens (tertiary/aromatic N) is 2. The lowest BCUT2D eigenvalue weighted by atomic mass is 10.2. The van der Waals surface area contributed by atoms with Gasteiger partial charge in [0.25, 0.3) is 0 Å². The second-order valence-electron chi connectivity index (χ2n) is 2.68. The molecule has 1 rings (SSSR count). The Labute approximate surface area is 74.7 Å². The van der Waals surface area contributed by atoms with Crippen LogP contribution in [0.4, 0.5) is 0 Å². The van der Waals surface area contributed by atoms with Crippen molar-refractivity contribution in [3.8, 4) is 0 Å². The Balaban J connectivity index is 2.56. The first-order chi connectivity index (χ1) is 5.24. The van der Waals surface area contributed by atoms with E-state index >= 15 is 0 Å². The van der Waals surface area contributed by atoms with Crippen molar-refractivity contribution in [2.24, 2.45) is 11.7 Å². The molecule has 0 fully saturated rings. The normalized spacial score (nSPS) is 13.4. The predicted octanol–water partition coefficient (Wildman–Crippen LogP) is 1.24. The molecule has 1 aromatic heterocycles. The number of hydrogen-bond acceptors (Lipinski definition) is 2. The molecule has 0 amide bonds. The SMILES string of the molecule is CC(CN)Cn1nccc1Br. The zero-order valence-electron chi connectivity index (χ0n) is 6.50. The van der Waals surface area contributed by atoms with Crippen molar-refractivity contribution in [3.63, 3.8) is 0 Å². The molecule has 1 unspecified atom stereocenters. The Morgan fingerprint density at radius 3 is 3.00 bits per heavy atom. The molecule has 0 saturated carbocycles. The van der Waals surface area contributed by atoms with Crippen molar-refractivity contribution in [2.45, 2.75) is 13.5 Å². The minimum atomic E-state index is 0.478. The Hall–Kier alpha value is -0.350. The van der Waals surface area contributed by atoms with Crippen LogP contribution in [0.5, 0.6) is 0 Å². The molecule has 0 radical (unpaired) electrons. The van der Waals surface area contributed by atoms with E-state index in [1.807, 2.05) is 10.7 Å². The molecular weight excluding hydrogens is 206 g/mol. The molecule has 0 aromatic carbocycles. The van der Waals surface area contributed by atoms with Gasteiger partial charge in [0, 0.05) is 6.54 Å². The van der Waals surface area contributed by atoms with E-state index in [-0.39, 0.29) is 0 Å². The highest BCUT2D eigenvalue weighted by Gasteiger charge is 2.02. The highest BCUT2D eigenvalue weighted by atomic mass is 79.9. The third-order valence-electron chi connectivity index (χ3n) is 1.55. The summed E-state index contributed by atoms with van der Waals surface area (Å²) in [5.41, 5.74) is 5.48. The van der Waals surface area contributed by atoms with Crippen molar-refractivity contribution >= 4 is 15.9 Å². The molecule has 0 aliphatic heterocycles. The molecule has 3 nitrogen and oxygen atoms in total. The highest BCUT2D eigenvalue weighted by Crippen LogP contribution is 2.09. The zero-order chi connectivity index (χ0) is 8.27. The lowest BCUT2D eigenvalue weighted by Gasteiger charge is -2.08. The van der Waals surface area contributed by atoms with Gasteiger partial charge in [-0.2, -0.15) is 5.10 Å². The molecule has 0 aliphatic carbocycles. The van der Waals surface area contributed by atoms with Crippen LogP contribution in [0.2, 0.25) is 0 Å². The lowest BCUT2D eigenvalue weighted by molar-refractivity contribution is 0.452. The van der Waals surface area contributed by atoms with Crippen LogP contribution in [0.15, 0.2) is 16.9 Å². The van der Waals surface area contributed by atoms with Gasteiger partial charge in [-0.05, 0) is 34.5 Å².